The SMILES string of the molecule is CSC(=Nc1ccccc1C(O)(c1ccccc1)c1ccccc1)NC#N. The highest BCUT2D eigenvalue weighted by atomic mass is 32.2. The quantitative estimate of drug-likeness (QED) is 0.234. The molecule has 2 N–H and O–H groups in total. The van der Waals surface area contributed by atoms with Crippen molar-refractivity contribution in [3.05, 3.63) is 102 Å². The minimum absolute atomic E-state index is 0.466. The molecule has 3 aromatic rings. The third-order valence-electron chi connectivity index (χ3n) is 4.26. The van der Waals surface area contributed by atoms with Gasteiger partial charge >= 0.3 is 0 Å². The van der Waals surface area contributed by atoms with Crippen molar-refractivity contribution in [3.63, 3.8) is 0 Å². The Bertz CT molecular complexity index is 926. The van der Waals surface area contributed by atoms with Crippen LogP contribution in [0.3, 0.4) is 0 Å². The third kappa shape index (κ3) is 3.87. The van der Waals surface area contributed by atoms with Crippen molar-refractivity contribution in [1.82, 2.24) is 5.32 Å². The van der Waals surface area contributed by atoms with E-state index in [1.54, 1.807) is 0 Å². The Balaban J connectivity index is 2.26. The summed E-state index contributed by atoms with van der Waals surface area (Å²) in [5, 5.41) is 23.9. The number of nitrogens with zero attached hydrogens (tertiary/aromatic N) is 2. The number of para-hydroxylation sites is 1. The van der Waals surface area contributed by atoms with Gasteiger partial charge in [-0.05, 0) is 23.4 Å². The van der Waals surface area contributed by atoms with Crippen LogP contribution in [0.5, 0.6) is 0 Å². The minimum atomic E-state index is -1.38. The van der Waals surface area contributed by atoms with Crippen LogP contribution in [-0.2, 0) is 5.60 Å². The Kier molecular flexibility index (Phi) is 5.92. The number of hydrogen-bond donors (Lipinski definition) is 2. The Morgan fingerprint density at radius 3 is 1.96 bits per heavy atom. The molecule has 5 heteroatoms. The molecule has 0 saturated heterocycles. The molecule has 0 saturated carbocycles. The summed E-state index contributed by atoms with van der Waals surface area (Å²) in [5.74, 6) is 0. The molecule has 0 bridgehead atoms. The summed E-state index contributed by atoms with van der Waals surface area (Å²) in [6.45, 7) is 0. The molecule has 0 atom stereocenters. The van der Waals surface area contributed by atoms with E-state index >= 15 is 0 Å². The molecule has 134 valence electrons. The van der Waals surface area contributed by atoms with Crippen molar-refractivity contribution in [3.8, 4) is 6.19 Å². The lowest BCUT2D eigenvalue weighted by atomic mass is 9.79. The van der Waals surface area contributed by atoms with Gasteiger partial charge in [-0.3, -0.25) is 5.32 Å². The largest absolute Gasteiger partial charge is 0.376 e. The lowest BCUT2D eigenvalue weighted by Gasteiger charge is -2.31. The molecule has 0 fully saturated rings. The van der Waals surface area contributed by atoms with Gasteiger partial charge in [0.15, 0.2) is 11.4 Å². The average Bonchev–Trinajstić information content (AvgIpc) is 2.74. The molecule has 0 spiro atoms. The van der Waals surface area contributed by atoms with Crippen LogP contribution in [0, 0.1) is 11.5 Å². The molecular weight excluding hydrogens is 354 g/mol. The zero-order chi connectivity index (χ0) is 19.1. The van der Waals surface area contributed by atoms with Crippen LogP contribution >= 0.6 is 11.8 Å². The van der Waals surface area contributed by atoms with E-state index in [4.69, 9.17) is 5.26 Å². The second kappa shape index (κ2) is 8.54. The highest BCUT2D eigenvalue weighted by Crippen LogP contribution is 2.41. The molecule has 0 aliphatic carbocycles. The number of aliphatic imine (C=N–C) groups is 1. The molecular formula is C22H19N3OS. The zero-order valence-corrected chi connectivity index (χ0v) is 15.6. The van der Waals surface area contributed by atoms with Crippen LogP contribution in [0.1, 0.15) is 16.7 Å². The molecule has 0 radical (unpaired) electrons. The molecule has 27 heavy (non-hydrogen) atoms. The van der Waals surface area contributed by atoms with Gasteiger partial charge in [-0.25, -0.2) is 4.99 Å². The highest BCUT2D eigenvalue weighted by molar-refractivity contribution is 8.13. The summed E-state index contributed by atoms with van der Waals surface area (Å²) in [7, 11) is 0. The van der Waals surface area contributed by atoms with E-state index in [9.17, 15) is 5.11 Å². The predicted octanol–water partition coefficient (Wildman–Crippen LogP) is 4.39. The summed E-state index contributed by atoms with van der Waals surface area (Å²) >= 11 is 1.34. The van der Waals surface area contributed by atoms with Crippen molar-refractivity contribution >= 4 is 22.6 Å². The maximum Gasteiger partial charge on any atom is 0.183 e. The number of nitriles is 1. The van der Waals surface area contributed by atoms with Gasteiger partial charge in [0.05, 0.1) is 5.69 Å². The van der Waals surface area contributed by atoms with Crippen LogP contribution in [0.15, 0.2) is 89.9 Å². The lowest BCUT2D eigenvalue weighted by molar-refractivity contribution is 0.126. The topological polar surface area (TPSA) is 68.4 Å². The predicted molar refractivity (Wildman–Crippen MR) is 111 cm³/mol. The molecule has 3 rings (SSSR count). The van der Waals surface area contributed by atoms with E-state index in [2.05, 4.69) is 10.3 Å². The third-order valence-corrected chi connectivity index (χ3v) is 4.84. The number of benzene rings is 3. The maximum absolute atomic E-state index is 12.0. The van der Waals surface area contributed by atoms with E-state index in [-0.39, 0.29) is 0 Å². The van der Waals surface area contributed by atoms with Crippen molar-refractivity contribution in [2.75, 3.05) is 6.26 Å². The van der Waals surface area contributed by atoms with Gasteiger partial charge in [0.1, 0.15) is 5.60 Å². The summed E-state index contributed by atoms with van der Waals surface area (Å²) in [5.41, 5.74) is 1.36. The van der Waals surface area contributed by atoms with Crippen LogP contribution < -0.4 is 5.32 Å². The molecule has 3 aromatic carbocycles. The van der Waals surface area contributed by atoms with Crippen molar-refractivity contribution in [2.24, 2.45) is 4.99 Å². The number of hydrogen-bond acceptors (Lipinski definition) is 4. The van der Waals surface area contributed by atoms with Crippen LogP contribution in [-0.4, -0.2) is 16.5 Å². The van der Waals surface area contributed by atoms with E-state index in [1.807, 2.05) is 97.4 Å². The normalized spacial score (nSPS) is 11.7. The number of nitrogens with one attached hydrogen (secondary N) is 1. The second-order valence-electron chi connectivity index (χ2n) is 5.82. The van der Waals surface area contributed by atoms with Crippen LogP contribution in [0.25, 0.3) is 0 Å². The van der Waals surface area contributed by atoms with Gasteiger partial charge in [-0.15, -0.1) is 0 Å². The van der Waals surface area contributed by atoms with Gasteiger partial charge in [-0.2, -0.15) is 5.26 Å². The fourth-order valence-electron chi connectivity index (χ4n) is 3.00. The molecule has 0 heterocycles. The first-order valence-electron chi connectivity index (χ1n) is 8.41. The summed E-state index contributed by atoms with van der Waals surface area (Å²) < 4.78 is 0. The summed E-state index contributed by atoms with van der Waals surface area (Å²) in [4.78, 5) is 4.57. The van der Waals surface area contributed by atoms with Crippen LogP contribution in [0.2, 0.25) is 0 Å². The Morgan fingerprint density at radius 1 is 0.926 bits per heavy atom. The van der Waals surface area contributed by atoms with Crippen molar-refractivity contribution in [1.29, 1.82) is 5.26 Å². The first kappa shape index (κ1) is 18.7. The van der Waals surface area contributed by atoms with Crippen molar-refractivity contribution in [2.45, 2.75) is 5.60 Å². The maximum atomic E-state index is 12.0. The fraction of sp³-hybridized carbons (Fsp3) is 0.0909. The summed E-state index contributed by atoms with van der Waals surface area (Å²) in [6.07, 6.45) is 3.74. The zero-order valence-electron chi connectivity index (χ0n) is 14.8. The number of rotatable bonds is 4. The van der Waals surface area contributed by atoms with Gasteiger partial charge < -0.3 is 5.11 Å². The second-order valence-corrected chi connectivity index (χ2v) is 6.61. The number of amidine groups is 1. The lowest BCUT2D eigenvalue weighted by Crippen LogP contribution is -2.29. The monoisotopic (exact) mass is 373 g/mol. The average molecular weight is 373 g/mol. The van der Waals surface area contributed by atoms with Gasteiger partial charge in [-0.1, -0.05) is 90.6 Å². The first-order chi connectivity index (χ1) is 13.2. The molecule has 4 nitrogen and oxygen atoms in total. The van der Waals surface area contributed by atoms with Gasteiger partial charge in [0.2, 0.25) is 0 Å². The molecule has 0 aromatic heterocycles. The molecule has 0 unspecified atom stereocenters. The Hall–Kier alpha value is -3.07. The van der Waals surface area contributed by atoms with Crippen molar-refractivity contribution < 1.29 is 5.11 Å². The first-order valence-corrected chi connectivity index (χ1v) is 9.63. The summed E-state index contributed by atoms with van der Waals surface area (Å²) in [6, 6.07) is 26.5. The van der Waals surface area contributed by atoms with E-state index in [0.717, 1.165) is 11.1 Å². The highest BCUT2D eigenvalue weighted by Gasteiger charge is 2.35. The van der Waals surface area contributed by atoms with E-state index in [1.165, 1.54) is 11.8 Å². The molecule has 0 amide bonds. The molecule has 0 aliphatic heterocycles. The smallest absolute Gasteiger partial charge is 0.183 e. The number of thioether (sulfide) groups is 1. The van der Waals surface area contributed by atoms with Crippen LogP contribution in [0.4, 0.5) is 5.69 Å². The van der Waals surface area contributed by atoms with Gasteiger partial charge in [0, 0.05) is 5.56 Å². The Labute approximate surface area is 163 Å². The standard InChI is InChI=1S/C22H19N3OS/c1-27-21(24-16-23)25-20-15-9-8-14-19(20)22(26,17-10-4-2-5-11-17)18-12-6-3-7-13-18/h2-15,26H,1H3,(H,24,25). The Morgan fingerprint density at radius 2 is 1.44 bits per heavy atom. The molecule has 0 aliphatic rings. The van der Waals surface area contributed by atoms with E-state index in [0.29, 0.717) is 16.4 Å². The van der Waals surface area contributed by atoms with Gasteiger partial charge in [0.25, 0.3) is 0 Å². The fourth-order valence-corrected chi connectivity index (χ4v) is 3.33. The van der Waals surface area contributed by atoms with E-state index < -0.39 is 5.60 Å². The minimum Gasteiger partial charge on any atom is -0.376 e. The number of aliphatic hydroxyl groups is 1.